The number of rotatable bonds is 6. The van der Waals surface area contributed by atoms with E-state index in [1.807, 2.05) is 12.3 Å². The summed E-state index contributed by atoms with van der Waals surface area (Å²) in [5.74, 6) is 2.47. The van der Waals surface area contributed by atoms with Gasteiger partial charge in [-0.05, 0) is 65.1 Å². The van der Waals surface area contributed by atoms with Crippen LogP contribution >= 0.6 is 0 Å². The summed E-state index contributed by atoms with van der Waals surface area (Å²) in [5.41, 5.74) is 9.32. The second-order valence-corrected chi connectivity index (χ2v) is 15.5. The minimum Gasteiger partial charge on any atom is -0.457 e. The van der Waals surface area contributed by atoms with Crippen LogP contribution in [-0.2, 0) is 5.41 Å². The number of nitrogens with zero attached hydrogens (tertiary/aromatic N) is 4. The molecule has 1 aliphatic heterocycles. The molecule has 254 valence electrons. The van der Waals surface area contributed by atoms with Crippen molar-refractivity contribution in [3.05, 3.63) is 157 Å². The summed E-state index contributed by atoms with van der Waals surface area (Å²) in [5, 5.41) is 2.36. The Hall–Kier alpha value is -5.81. The van der Waals surface area contributed by atoms with Crippen LogP contribution in [0.1, 0.15) is 47.1 Å². The molecule has 0 amide bonds. The van der Waals surface area contributed by atoms with Crippen molar-refractivity contribution in [1.82, 2.24) is 9.55 Å². The van der Waals surface area contributed by atoms with Gasteiger partial charge in [-0.2, -0.15) is 0 Å². The minimum absolute atomic E-state index is 0.00936. The van der Waals surface area contributed by atoms with E-state index in [0.717, 1.165) is 34.0 Å². The highest BCUT2D eigenvalue weighted by Gasteiger charge is 2.32. The van der Waals surface area contributed by atoms with E-state index in [0.29, 0.717) is 6.67 Å². The highest BCUT2D eigenvalue weighted by atomic mass is 16.5. The van der Waals surface area contributed by atoms with Gasteiger partial charge in [0.1, 0.15) is 17.3 Å². The number of pyridine rings is 1. The molecule has 0 bridgehead atoms. The van der Waals surface area contributed by atoms with Crippen LogP contribution in [0.5, 0.6) is 11.5 Å². The molecular formula is C46H44N4O. The third-order valence-corrected chi connectivity index (χ3v) is 9.78. The average molecular weight is 669 g/mol. The molecule has 51 heavy (non-hydrogen) atoms. The van der Waals surface area contributed by atoms with Gasteiger partial charge in [-0.15, -0.1) is 0 Å². The van der Waals surface area contributed by atoms with Crippen LogP contribution in [0.3, 0.4) is 0 Å². The predicted molar refractivity (Wildman–Crippen MR) is 213 cm³/mol. The molecule has 7 aromatic rings. The maximum atomic E-state index is 6.67. The van der Waals surface area contributed by atoms with E-state index in [2.05, 4.69) is 190 Å². The number of ether oxygens (including phenoxy) is 1. The number of hydrogen-bond acceptors (Lipinski definition) is 4. The van der Waals surface area contributed by atoms with Gasteiger partial charge in [-0.1, -0.05) is 114 Å². The Balaban J connectivity index is 1.14. The number of allylic oxidation sites excluding steroid dienone is 1. The lowest BCUT2D eigenvalue weighted by Crippen LogP contribution is -2.30. The highest BCUT2D eigenvalue weighted by molar-refractivity contribution is 6.09. The van der Waals surface area contributed by atoms with E-state index < -0.39 is 0 Å². The number of para-hydroxylation sites is 2. The second-order valence-electron chi connectivity index (χ2n) is 15.5. The first-order chi connectivity index (χ1) is 24.5. The standard InChI is InChI=1S/C46H44N4O/c1-45(2,3)33-25-26-47-44(27-33)50-41-22-13-11-20-38(41)39-24-23-36(29-42(39)50)51-35-18-14-17-34(28-35)49-31-48(30-43(49)46(4,5)6)40-21-12-10-19-37(40)32-15-8-7-9-16-32/h7-30H,31H2,1-6H3. The van der Waals surface area contributed by atoms with Gasteiger partial charge in [0.25, 0.3) is 0 Å². The molecule has 5 heteroatoms. The lowest BCUT2D eigenvalue weighted by Gasteiger charge is -2.31. The Morgan fingerprint density at radius 3 is 2.14 bits per heavy atom. The van der Waals surface area contributed by atoms with Gasteiger partial charge in [0.2, 0.25) is 0 Å². The molecule has 0 unspecified atom stereocenters. The third kappa shape index (κ3) is 6.14. The Labute approximate surface area is 301 Å². The predicted octanol–water partition coefficient (Wildman–Crippen LogP) is 12.1. The lowest BCUT2D eigenvalue weighted by molar-refractivity contribution is 0.481. The molecule has 0 atom stereocenters. The van der Waals surface area contributed by atoms with Gasteiger partial charge in [-0.3, -0.25) is 4.57 Å². The van der Waals surface area contributed by atoms with Crippen molar-refractivity contribution in [2.45, 2.75) is 47.0 Å². The van der Waals surface area contributed by atoms with Crippen molar-refractivity contribution in [3.63, 3.8) is 0 Å². The maximum absolute atomic E-state index is 6.67. The molecule has 0 saturated heterocycles. The number of hydrogen-bond donors (Lipinski definition) is 0. The van der Waals surface area contributed by atoms with E-state index in [9.17, 15) is 0 Å². The lowest BCUT2D eigenvalue weighted by atomic mass is 9.88. The fourth-order valence-electron chi connectivity index (χ4n) is 7.16. The molecule has 0 radical (unpaired) electrons. The summed E-state index contributed by atoms with van der Waals surface area (Å²) in [7, 11) is 0. The van der Waals surface area contributed by atoms with Gasteiger partial charge in [-0.25, -0.2) is 4.98 Å². The fourth-order valence-corrected chi connectivity index (χ4v) is 7.16. The van der Waals surface area contributed by atoms with Gasteiger partial charge in [0, 0.05) is 57.7 Å². The summed E-state index contributed by atoms with van der Waals surface area (Å²) >= 11 is 0. The molecule has 5 nitrogen and oxygen atoms in total. The van der Waals surface area contributed by atoms with Crippen molar-refractivity contribution in [2.75, 3.05) is 16.5 Å². The van der Waals surface area contributed by atoms with Gasteiger partial charge < -0.3 is 14.5 Å². The summed E-state index contributed by atoms with van der Waals surface area (Å²) in [6.45, 7) is 14.2. The van der Waals surface area contributed by atoms with E-state index in [4.69, 9.17) is 9.72 Å². The first-order valence-corrected chi connectivity index (χ1v) is 17.7. The zero-order chi connectivity index (χ0) is 35.3. The van der Waals surface area contributed by atoms with Crippen LogP contribution in [0.25, 0.3) is 38.8 Å². The SMILES string of the molecule is CC(C)(C)C1=CN(c2ccccc2-c2ccccc2)CN1c1cccc(Oc2ccc3c4ccccc4n(-c4cc(C(C)(C)C)ccn4)c3c2)c1. The number of benzene rings is 5. The summed E-state index contributed by atoms with van der Waals surface area (Å²) in [6.07, 6.45) is 4.23. The van der Waals surface area contributed by atoms with Crippen LogP contribution in [0.2, 0.25) is 0 Å². The number of anilines is 2. The molecule has 1 aliphatic rings. The van der Waals surface area contributed by atoms with Crippen LogP contribution in [0.4, 0.5) is 11.4 Å². The third-order valence-electron chi connectivity index (χ3n) is 9.78. The number of aromatic nitrogens is 2. The molecular weight excluding hydrogens is 625 g/mol. The molecule has 5 aromatic carbocycles. The summed E-state index contributed by atoms with van der Waals surface area (Å²) < 4.78 is 8.93. The Morgan fingerprint density at radius 1 is 0.608 bits per heavy atom. The second kappa shape index (κ2) is 12.5. The van der Waals surface area contributed by atoms with Crippen molar-refractivity contribution < 1.29 is 4.74 Å². The average Bonchev–Trinajstić information content (AvgIpc) is 3.73. The summed E-state index contributed by atoms with van der Waals surface area (Å²) in [4.78, 5) is 9.62. The fraction of sp³-hybridized carbons (Fsp3) is 0.196. The first-order valence-electron chi connectivity index (χ1n) is 17.7. The Kier molecular flexibility index (Phi) is 7.94. The molecule has 0 saturated carbocycles. The van der Waals surface area contributed by atoms with E-state index in [-0.39, 0.29) is 10.8 Å². The normalized spacial score (nSPS) is 13.6. The molecule has 8 rings (SSSR count). The topological polar surface area (TPSA) is 33.5 Å². The van der Waals surface area contributed by atoms with Crippen LogP contribution in [0, 0.1) is 5.41 Å². The van der Waals surface area contributed by atoms with Crippen molar-refractivity contribution in [1.29, 1.82) is 0 Å². The molecule has 0 spiro atoms. The largest absolute Gasteiger partial charge is 0.457 e. The minimum atomic E-state index is -0.0793. The van der Waals surface area contributed by atoms with Gasteiger partial charge >= 0.3 is 0 Å². The first kappa shape index (κ1) is 32.4. The molecule has 3 heterocycles. The van der Waals surface area contributed by atoms with Crippen molar-refractivity contribution in [2.24, 2.45) is 5.41 Å². The Morgan fingerprint density at radius 2 is 1.33 bits per heavy atom. The van der Waals surface area contributed by atoms with E-state index >= 15 is 0 Å². The zero-order valence-corrected chi connectivity index (χ0v) is 30.3. The van der Waals surface area contributed by atoms with Gasteiger partial charge in [0.15, 0.2) is 0 Å². The van der Waals surface area contributed by atoms with E-state index in [1.165, 1.54) is 38.8 Å². The molecule has 2 aromatic heterocycles. The molecule has 0 N–H and O–H groups in total. The van der Waals surface area contributed by atoms with Crippen LogP contribution in [0.15, 0.2) is 152 Å². The van der Waals surface area contributed by atoms with Gasteiger partial charge in [0.05, 0.1) is 23.4 Å². The van der Waals surface area contributed by atoms with Crippen LogP contribution < -0.4 is 14.5 Å². The highest BCUT2D eigenvalue weighted by Crippen LogP contribution is 2.42. The zero-order valence-electron chi connectivity index (χ0n) is 30.3. The smallest absolute Gasteiger partial charge is 0.137 e. The van der Waals surface area contributed by atoms with Crippen molar-refractivity contribution >= 4 is 33.2 Å². The van der Waals surface area contributed by atoms with Crippen molar-refractivity contribution in [3.8, 4) is 28.4 Å². The Bertz CT molecular complexity index is 2410. The quantitative estimate of drug-likeness (QED) is 0.177. The summed E-state index contributed by atoms with van der Waals surface area (Å²) in [6, 6.07) is 47.0. The van der Waals surface area contributed by atoms with Crippen LogP contribution in [-0.4, -0.2) is 16.2 Å². The maximum Gasteiger partial charge on any atom is 0.137 e. The molecule has 0 fully saturated rings. The molecule has 0 aliphatic carbocycles. The monoisotopic (exact) mass is 668 g/mol. The number of fused-ring (bicyclic) bond motifs is 3. The van der Waals surface area contributed by atoms with E-state index in [1.54, 1.807) is 0 Å².